The van der Waals surface area contributed by atoms with Crippen LogP contribution in [0.5, 0.6) is 5.88 Å². The molecule has 0 aliphatic rings. The van der Waals surface area contributed by atoms with Gasteiger partial charge < -0.3 is 19.6 Å². The molecular formula is C21H17N3O8. The number of ether oxygens (including phenoxy) is 1. The van der Waals surface area contributed by atoms with E-state index in [9.17, 15) is 29.1 Å². The van der Waals surface area contributed by atoms with Crippen LogP contribution in [0.4, 0.5) is 5.69 Å². The maximum absolute atomic E-state index is 12.4. The van der Waals surface area contributed by atoms with Crippen LogP contribution in [0.2, 0.25) is 0 Å². The summed E-state index contributed by atoms with van der Waals surface area (Å²) < 4.78 is 10.1. The number of amides is 1. The molecule has 0 bridgehead atoms. The minimum absolute atomic E-state index is 0.0210. The summed E-state index contributed by atoms with van der Waals surface area (Å²) in [6.07, 6.45) is 2.10. The zero-order valence-electron chi connectivity index (χ0n) is 16.6. The van der Waals surface area contributed by atoms with Crippen LogP contribution >= 0.6 is 0 Å². The number of hydrogen-bond donors (Lipinski definition) is 4. The van der Waals surface area contributed by atoms with Crippen molar-refractivity contribution in [3.05, 3.63) is 90.1 Å². The molecule has 11 heteroatoms. The zero-order chi connectivity index (χ0) is 23.3. The molecule has 0 aliphatic heterocycles. The van der Waals surface area contributed by atoms with Gasteiger partial charge in [0, 0.05) is 5.56 Å². The van der Waals surface area contributed by atoms with Gasteiger partial charge in [0.05, 0.1) is 12.2 Å². The van der Waals surface area contributed by atoms with Gasteiger partial charge in [0.25, 0.3) is 11.5 Å². The second-order valence-corrected chi connectivity index (χ2v) is 6.27. The van der Waals surface area contributed by atoms with Gasteiger partial charge in [-0.3, -0.25) is 19.6 Å². The summed E-state index contributed by atoms with van der Waals surface area (Å²) >= 11 is 0. The number of benzene rings is 1. The van der Waals surface area contributed by atoms with E-state index >= 15 is 0 Å². The summed E-state index contributed by atoms with van der Waals surface area (Å²) in [5, 5.41) is 12.1. The zero-order valence-corrected chi connectivity index (χ0v) is 16.6. The second-order valence-electron chi connectivity index (χ2n) is 6.27. The fraction of sp³-hybridized carbons (Fsp3) is 0.0952. The van der Waals surface area contributed by atoms with Crippen molar-refractivity contribution in [3.63, 3.8) is 0 Å². The fourth-order valence-electron chi connectivity index (χ4n) is 2.65. The van der Waals surface area contributed by atoms with Crippen molar-refractivity contribution in [1.82, 2.24) is 9.97 Å². The minimum Gasteiger partial charge on any atom is -0.494 e. The van der Waals surface area contributed by atoms with E-state index in [2.05, 4.69) is 5.32 Å². The Morgan fingerprint density at radius 3 is 2.50 bits per heavy atom. The lowest BCUT2D eigenvalue weighted by Gasteiger charge is -2.08. The number of hydrogen-bond acceptors (Lipinski definition) is 8. The first-order valence-corrected chi connectivity index (χ1v) is 9.25. The fourth-order valence-corrected chi connectivity index (χ4v) is 2.65. The Morgan fingerprint density at radius 2 is 1.84 bits per heavy atom. The van der Waals surface area contributed by atoms with Crippen LogP contribution in [-0.2, 0) is 4.74 Å². The molecule has 4 N–H and O–H groups in total. The molecule has 3 rings (SSSR count). The molecule has 11 nitrogen and oxygen atoms in total. The van der Waals surface area contributed by atoms with E-state index in [4.69, 9.17) is 9.15 Å². The smallest absolute Gasteiger partial charge is 0.360 e. The number of aromatic nitrogens is 2. The number of aromatic hydroxyl groups is 1. The van der Waals surface area contributed by atoms with Gasteiger partial charge in [-0.15, -0.1) is 0 Å². The number of H-pyrrole nitrogens is 2. The molecule has 1 amide bonds. The maximum atomic E-state index is 12.4. The maximum Gasteiger partial charge on any atom is 0.360 e. The topological polar surface area (TPSA) is 172 Å². The van der Waals surface area contributed by atoms with Crippen molar-refractivity contribution in [1.29, 1.82) is 0 Å². The molecule has 2 heterocycles. The Morgan fingerprint density at radius 1 is 1.12 bits per heavy atom. The highest BCUT2D eigenvalue weighted by Crippen LogP contribution is 2.18. The Labute approximate surface area is 179 Å². The van der Waals surface area contributed by atoms with E-state index in [1.807, 2.05) is 9.97 Å². The average Bonchev–Trinajstić information content (AvgIpc) is 2.75. The Hall–Kier alpha value is -4.67. The first-order chi connectivity index (χ1) is 15.3. The van der Waals surface area contributed by atoms with Crippen molar-refractivity contribution >= 4 is 29.7 Å². The molecule has 2 aromatic heterocycles. The summed E-state index contributed by atoms with van der Waals surface area (Å²) in [4.78, 5) is 64.1. The van der Waals surface area contributed by atoms with Crippen LogP contribution in [0.1, 0.15) is 39.0 Å². The third-order valence-electron chi connectivity index (χ3n) is 4.12. The highest BCUT2D eigenvalue weighted by molar-refractivity contribution is 6.05. The first kappa shape index (κ1) is 22.0. The third kappa shape index (κ3) is 4.90. The van der Waals surface area contributed by atoms with Crippen LogP contribution < -0.4 is 22.2 Å². The predicted molar refractivity (Wildman–Crippen MR) is 114 cm³/mol. The third-order valence-corrected chi connectivity index (χ3v) is 4.12. The van der Waals surface area contributed by atoms with Crippen molar-refractivity contribution in [3.8, 4) is 5.88 Å². The van der Waals surface area contributed by atoms with Crippen LogP contribution in [0.3, 0.4) is 0 Å². The normalized spacial score (nSPS) is 10.8. The van der Waals surface area contributed by atoms with Crippen LogP contribution in [0.25, 0.3) is 12.2 Å². The molecule has 0 atom stereocenters. The molecular weight excluding hydrogens is 422 g/mol. The molecule has 32 heavy (non-hydrogen) atoms. The molecule has 0 spiro atoms. The molecule has 0 aliphatic carbocycles. The molecule has 1 aromatic carbocycles. The lowest BCUT2D eigenvalue weighted by atomic mass is 10.1. The highest BCUT2D eigenvalue weighted by atomic mass is 16.5. The number of rotatable bonds is 6. The molecule has 0 unspecified atom stereocenters. The van der Waals surface area contributed by atoms with E-state index in [0.29, 0.717) is 0 Å². The van der Waals surface area contributed by atoms with Crippen LogP contribution in [0, 0.1) is 0 Å². The lowest BCUT2D eigenvalue weighted by Crippen LogP contribution is -2.23. The molecule has 164 valence electrons. The summed E-state index contributed by atoms with van der Waals surface area (Å²) in [5.41, 5.74) is -3.38. The first-order valence-electron chi connectivity index (χ1n) is 9.25. The predicted octanol–water partition coefficient (Wildman–Crippen LogP) is 1.32. The Balaban J connectivity index is 2.03. The average molecular weight is 439 g/mol. The molecule has 3 aromatic rings. The molecule has 0 radical (unpaired) electrons. The molecule has 0 saturated carbocycles. The van der Waals surface area contributed by atoms with Gasteiger partial charge in [0.15, 0.2) is 0 Å². The van der Waals surface area contributed by atoms with Gasteiger partial charge in [-0.1, -0.05) is 18.2 Å². The highest BCUT2D eigenvalue weighted by Gasteiger charge is 2.19. The number of esters is 1. The van der Waals surface area contributed by atoms with E-state index in [-0.39, 0.29) is 34.7 Å². The van der Waals surface area contributed by atoms with Crippen molar-refractivity contribution in [2.45, 2.75) is 6.92 Å². The minimum atomic E-state index is -0.971. The van der Waals surface area contributed by atoms with Gasteiger partial charge >= 0.3 is 17.3 Å². The number of carbonyl (C=O) groups is 2. The van der Waals surface area contributed by atoms with Crippen molar-refractivity contribution in [2.75, 3.05) is 11.9 Å². The van der Waals surface area contributed by atoms with Gasteiger partial charge in [-0.05, 0) is 37.3 Å². The van der Waals surface area contributed by atoms with Crippen molar-refractivity contribution in [2.24, 2.45) is 0 Å². The quantitative estimate of drug-likeness (QED) is 0.416. The number of aromatic amines is 2. The number of nitrogens with one attached hydrogen (secondary N) is 3. The largest absolute Gasteiger partial charge is 0.494 e. The second kappa shape index (κ2) is 9.43. The van der Waals surface area contributed by atoms with Gasteiger partial charge in [-0.25, -0.2) is 14.4 Å². The number of anilines is 1. The monoisotopic (exact) mass is 439 g/mol. The van der Waals surface area contributed by atoms with Gasteiger partial charge in [0.2, 0.25) is 5.88 Å². The summed E-state index contributed by atoms with van der Waals surface area (Å²) in [6.45, 7) is 1.59. The lowest BCUT2D eigenvalue weighted by molar-refractivity contribution is 0.0522. The van der Waals surface area contributed by atoms with Crippen molar-refractivity contribution < 1.29 is 23.8 Å². The summed E-state index contributed by atoms with van der Waals surface area (Å²) in [5.74, 6) is -2.47. The SMILES string of the molecule is CCOC(=O)c1cc(NC(=O)c2ccccc2)c(=O)oc1/C=C/c1c(O)[nH]c(=O)[nH]c1=O. The van der Waals surface area contributed by atoms with E-state index in [0.717, 1.165) is 18.2 Å². The van der Waals surface area contributed by atoms with E-state index in [1.165, 1.54) is 12.1 Å². The van der Waals surface area contributed by atoms with Gasteiger partial charge in [0.1, 0.15) is 17.0 Å². The molecule has 0 saturated heterocycles. The molecule has 0 fully saturated rings. The Kier molecular flexibility index (Phi) is 6.49. The summed E-state index contributed by atoms with van der Waals surface area (Å²) in [7, 11) is 0. The van der Waals surface area contributed by atoms with Crippen LogP contribution in [0.15, 0.2) is 55.2 Å². The number of carbonyl (C=O) groups excluding carboxylic acids is 2. The van der Waals surface area contributed by atoms with Gasteiger partial charge in [-0.2, -0.15) is 0 Å². The summed E-state index contributed by atoms with van der Waals surface area (Å²) in [6, 6.07) is 9.16. The van der Waals surface area contributed by atoms with E-state index < -0.39 is 34.6 Å². The standard InChI is InChI=1S/C21H17N3O8/c1-2-31-19(28)13-10-14(22-16(25)11-6-4-3-5-7-11)20(29)32-15(13)9-8-12-17(26)23-21(30)24-18(12)27/h3-10H,2H2,1H3,(H,22,25)(H3,23,24,26,27,30)/b9-8+. The Bertz CT molecular complexity index is 1370. The van der Waals surface area contributed by atoms with Crippen LogP contribution in [-0.4, -0.2) is 33.6 Å². The van der Waals surface area contributed by atoms with E-state index in [1.54, 1.807) is 25.1 Å².